The lowest BCUT2D eigenvalue weighted by Gasteiger charge is -2.35. The van der Waals surface area contributed by atoms with E-state index in [1.807, 2.05) is 6.07 Å². The highest BCUT2D eigenvalue weighted by Gasteiger charge is 2.38. The van der Waals surface area contributed by atoms with Crippen molar-refractivity contribution < 1.29 is 36.3 Å². The number of piperazine rings is 1. The predicted molar refractivity (Wildman–Crippen MR) is 169 cm³/mol. The van der Waals surface area contributed by atoms with Crippen LogP contribution in [-0.4, -0.2) is 91.7 Å². The smallest absolute Gasteiger partial charge is 0.395 e. The Bertz CT molecular complexity index is 1670. The van der Waals surface area contributed by atoms with Gasteiger partial charge in [-0.25, -0.2) is 4.39 Å². The van der Waals surface area contributed by atoms with Crippen molar-refractivity contribution in [2.45, 2.75) is 38.0 Å². The van der Waals surface area contributed by atoms with E-state index in [0.717, 1.165) is 37.1 Å². The van der Waals surface area contributed by atoms with E-state index < -0.39 is 12.1 Å². The third-order valence-electron chi connectivity index (χ3n) is 9.19. The van der Waals surface area contributed by atoms with Crippen LogP contribution in [0.5, 0.6) is 5.75 Å². The molecule has 2 fully saturated rings. The molecule has 47 heavy (non-hydrogen) atoms. The van der Waals surface area contributed by atoms with E-state index in [-0.39, 0.29) is 41.6 Å². The molecule has 0 saturated carbocycles. The maximum atomic E-state index is 14.1. The second-order valence-electron chi connectivity index (χ2n) is 12.4. The summed E-state index contributed by atoms with van der Waals surface area (Å²) in [7, 11) is 1.44. The molecule has 2 aliphatic heterocycles. The Morgan fingerprint density at radius 2 is 1.70 bits per heavy atom. The van der Waals surface area contributed by atoms with E-state index in [0.29, 0.717) is 55.8 Å². The molecule has 0 bridgehead atoms. The number of ether oxygens (including phenoxy) is 1. The van der Waals surface area contributed by atoms with Gasteiger partial charge in [0, 0.05) is 69.3 Å². The lowest BCUT2D eigenvalue weighted by Crippen LogP contribution is -2.49. The molecule has 12 heteroatoms. The largest absolute Gasteiger partial charge is 0.494 e. The van der Waals surface area contributed by atoms with E-state index in [9.17, 15) is 27.2 Å². The summed E-state index contributed by atoms with van der Waals surface area (Å²) in [6, 6.07) is 11.7. The van der Waals surface area contributed by atoms with Gasteiger partial charge in [-0.3, -0.25) is 19.4 Å². The summed E-state index contributed by atoms with van der Waals surface area (Å²) in [6.07, 6.45) is 1.70. The molecule has 3 aliphatic rings. The van der Waals surface area contributed by atoms with Crippen molar-refractivity contribution in [3.05, 3.63) is 89.0 Å². The molecule has 1 aliphatic carbocycles. The monoisotopic (exact) mass is 654 g/mol. The summed E-state index contributed by atoms with van der Waals surface area (Å²) in [6.45, 7) is 4.95. The molecule has 6 rings (SSSR count). The first-order valence-corrected chi connectivity index (χ1v) is 15.9. The Morgan fingerprint density at radius 3 is 2.36 bits per heavy atom. The molecule has 2 aromatic carbocycles. The summed E-state index contributed by atoms with van der Waals surface area (Å²) in [5.74, 6) is -1.83. The van der Waals surface area contributed by atoms with E-state index in [4.69, 9.17) is 9.15 Å². The summed E-state index contributed by atoms with van der Waals surface area (Å²) in [5.41, 5.74) is 2.74. The molecule has 1 aromatic heterocycles. The number of methoxy groups -OCH3 is 1. The van der Waals surface area contributed by atoms with Crippen molar-refractivity contribution in [3.8, 4) is 5.75 Å². The predicted octanol–water partition coefficient (Wildman–Crippen LogP) is 5.80. The number of likely N-dealkylation sites (tertiary alicyclic amines) is 1. The molecule has 8 nitrogen and oxygen atoms in total. The highest BCUT2D eigenvalue weighted by atomic mass is 19.4. The number of alkyl halides is 3. The Morgan fingerprint density at radius 1 is 0.957 bits per heavy atom. The zero-order valence-electron chi connectivity index (χ0n) is 26.2. The number of piperidine rings is 1. The molecule has 3 aromatic rings. The maximum absolute atomic E-state index is 14.1. The number of fused-ring (bicyclic) bond motifs is 1. The second-order valence-corrected chi connectivity index (χ2v) is 12.4. The van der Waals surface area contributed by atoms with Gasteiger partial charge in [0.25, 0.3) is 11.8 Å². The average molecular weight is 655 g/mol. The van der Waals surface area contributed by atoms with Crippen LogP contribution in [0, 0.1) is 11.7 Å². The fourth-order valence-corrected chi connectivity index (χ4v) is 6.42. The lowest BCUT2D eigenvalue weighted by molar-refractivity contribution is -0.160. The maximum Gasteiger partial charge on any atom is 0.395 e. The molecule has 3 heterocycles. The molecule has 0 radical (unpaired) electrons. The minimum absolute atomic E-state index is 0.0161. The number of hydrogen-bond acceptors (Lipinski definition) is 6. The molecular weight excluding hydrogens is 616 g/mol. The van der Waals surface area contributed by atoms with Gasteiger partial charge >= 0.3 is 6.18 Å². The van der Waals surface area contributed by atoms with Crippen LogP contribution in [0.3, 0.4) is 0 Å². The van der Waals surface area contributed by atoms with Crippen LogP contribution in [0.25, 0.3) is 11.0 Å². The van der Waals surface area contributed by atoms with Gasteiger partial charge in [0.05, 0.1) is 13.0 Å². The standard InChI is InChI=1S/C35H38F4N4O4/c1-46-31-8-4-24(18-29(31)36)22-41-12-10-28(11-13-41)40-33(44)32-20-26-19-25(5-9-30(26)47-32)34(45)43-16-14-42(15-17-43)21-23-2-6-27(7-3-23)35(37,38)39/h2-6,8-9,18-20,27-28H,7,10-17,21-22H2,1H3,(H,40,44). The topological polar surface area (TPSA) is 78.3 Å². The quantitative estimate of drug-likeness (QED) is 0.310. The number of amides is 2. The van der Waals surface area contributed by atoms with Crippen molar-refractivity contribution >= 4 is 22.8 Å². The minimum atomic E-state index is -4.22. The van der Waals surface area contributed by atoms with Crippen molar-refractivity contribution in [3.63, 3.8) is 0 Å². The number of hydrogen-bond donors (Lipinski definition) is 1. The Labute approximate surface area is 270 Å². The van der Waals surface area contributed by atoms with Gasteiger partial charge in [0.15, 0.2) is 17.3 Å². The molecule has 1 N–H and O–H groups in total. The zero-order valence-corrected chi connectivity index (χ0v) is 26.2. The van der Waals surface area contributed by atoms with Crippen LogP contribution < -0.4 is 10.1 Å². The SMILES string of the molecule is COc1ccc(CN2CCC(NC(=O)c3cc4cc(C(=O)N5CCN(CC6=CCC(C(F)(F)F)C=C6)CC5)ccc4o3)CC2)cc1F. The first-order chi connectivity index (χ1) is 22.6. The van der Waals surface area contributed by atoms with Crippen molar-refractivity contribution in [2.75, 3.05) is 52.9 Å². The molecule has 2 amide bonds. The highest BCUT2D eigenvalue weighted by Crippen LogP contribution is 2.33. The van der Waals surface area contributed by atoms with Gasteiger partial charge in [-0.1, -0.05) is 24.3 Å². The van der Waals surface area contributed by atoms with Crippen molar-refractivity contribution in [1.82, 2.24) is 20.0 Å². The second kappa shape index (κ2) is 13.9. The molecule has 2 saturated heterocycles. The molecule has 1 unspecified atom stereocenters. The number of carbonyl (C=O) groups is 2. The number of carbonyl (C=O) groups excluding carboxylic acids is 2. The van der Waals surface area contributed by atoms with Gasteiger partial charge in [0.2, 0.25) is 0 Å². The number of nitrogens with one attached hydrogen (secondary N) is 1. The van der Waals surface area contributed by atoms with E-state index in [1.54, 1.807) is 47.4 Å². The fraction of sp³-hybridized carbons (Fsp3) is 0.429. The Kier molecular flexibility index (Phi) is 9.70. The van der Waals surface area contributed by atoms with Crippen molar-refractivity contribution in [2.24, 2.45) is 5.92 Å². The minimum Gasteiger partial charge on any atom is -0.494 e. The normalized spacial score (nSPS) is 20.0. The summed E-state index contributed by atoms with van der Waals surface area (Å²) in [4.78, 5) is 32.5. The van der Waals surface area contributed by atoms with E-state index in [2.05, 4.69) is 15.1 Å². The van der Waals surface area contributed by atoms with Crippen LogP contribution in [0.1, 0.15) is 45.7 Å². The Hall–Kier alpha value is -4.16. The average Bonchev–Trinajstić information content (AvgIpc) is 3.50. The number of allylic oxidation sites excluding steroid dienone is 2. The van der Waals surface area contributed by atoms with Crippen LogP contribution >= 0.6 is 0 Å². The Balaban J connectivity index is 0.973. The van der Waals surface area contributed by atoms with Gasteiger partial charge in [0.1, 0.15) is 5.58 Å². The van der Waals surface area contributed by atoms with Crippen LogP contribution in [0.15, 0.2) is 70.7 Å². The number of furan rings is 1. The molecule has 250 valence electrons. The fourth-order valence-electron chi connectivity index (χ4n) is 6.42. The third-order valence-corrected chi connectivity index (χ3v) is 9.19. The van der Waals surface area contributed by atoms with E-state index in [1.165, 1.54) is 19.3 Å². The first-order valence-electron chi connectivity index (χ1n) is 15.9. The summed E-state index contributed by atoms with van der Waals surface area (Å²) < 4.78 is 63.6. The highest BCUT2D eigenvalue weighted by molar-refractivity contribution is 6.00. The number of halogens is 4. The summed E-state index contributed by atoms with van der Waals surface area (Å²) in [5, 5.41) is 3.72. The van der Waals surface area contributed by atoms with Crippen molar-refractivity contribution in [1.29, 1.82) is 0 Å². The van der Waals surface area contributed by atoms with Crippen LogP contribution in [-0.2, 0) is 6.54 Å². The molecule has 0 spiro atoms. The van der Waals surface area contributed by atoms with Crippen LogP contribution in [0.2, 0.25) is 0 Å². The molecule has 1 atom stereocenters. The van der Waals surface area contributed by atoms with Gasteiger partial charge in [-0.05, 0) is 66.8 Å². The first kappa shape index (κ1) is 32.8. The third kappa shape index (κ3) is 7.87. The number of rotatable bonds is 8. The van der Waals surface area contributed by atoms with Gasteiger partial charge in [-0.2, -0.15) is 13.2 Å². The zero-order chi connectivity index (χ0) is 33.1. The molecular formula is C35H38F4N4O4. The van der Waals surface area contributed by atoms with E-state index >= 15 is 0 Å². The van der Waals surface area contributed by atoms with Crippen LogP contribution in [0.4, 0.5) is 17.6 Å². The number of nitrogens with zero attached hydrogens (tertiary/aromatic N) is 3. The number of benzene rings is 2. The lowest BCUT2D eigenvalue weighted by atomic mass is 9.96. The van der Waals surface area contributed by atoms with Gasteiger partial charge in [-0.15, -0.1) is 0 Å². The summed E-state index contributed by atoms with van der Waals surface area (Å²) >= 11 is 0. The van der Waals surface area contributed by atoms with Gasteiger partial charge < -0.3 is 19.4 Å².